The van der Waals surface area contributed by atoms with Gasteiger partial charge in [-0.3, -0.25) is 4.79 Å². The second kappa shape index (κ2) is 5.34. The predicted molar refractivity (Wildman–Crippen MR) is 81.0 cm³/mol. The van der Waals surface area contributed by atoms with E-state index in [0.717, 1.165) is 6.42 Å². The molecule has 5 fully saturated rings. The van der Waals surface area contributed by atoms with E-state index in [-0.39, 0.29) is 42.9 Å². The molecule has 1 saturated heterocycles. The second-order valence-electron chi connectivity index (χ2n) is 8.72. The molecule has 0 spiro atoms. The Kier molecular flexibility index (Phi) is 3.70. The monoisotopic (exact) mass is 346 g/mol. The van der Waals surface area contributed by atoms with Gasteiger partial charge in [0.05, 0.1) is 16.9 Å². The first-order valence-corrected chi connectivity index (χ1v) is 8.97. The number of rotatable bonds is 3. The van der Waals surface area contributed by atoms with Gasteiger partial charge in [0.2, 0.25) is 5.91 Å². The maximum atomic E-state index is 13.7. The number of halogens is 3. The summed E-state index contributed by atoms with van der Waals surface area (Å²) in [5, 5.41) is 15.8. The molecule has 7 heteroatoms. The van der Waals surface area contributed by atoms with E-state index in [4.69, 9.17) is 0 Å². The minimum atomic E-state index is -4.22. The van der Waals surface area contributed by atoms with Crippen molar-refractivity contribution in [3.63, 3.8) is 0 Å². The van der Waals surface area contributed by atoms with Crippen molar-refractivity contribution in [3.05, 3.63) is 0 Å². The number of aliphatic hydroxyl groups excluding tert-OH is 1. The molecule has 1 aliphatic heterocycles. The van der Waals surface area contributed by atoms with Crippen molar-refractivity contribution < 1.29 is 23.1 Å². The molecule has 1 amide bonds. The lowest BCUT2D eigenvalue weighted by Crippen LogP contribution is -2.61. The van der Waals surface area contributed by atoms with E-state index < -0.39 is 23.1 Å². The molecule has 4 atom stereocenters. The molecule has 0 aromatic rings. The lowest BCUT2D eigenvalue weighted by molar-refractivity contribution is -0.283. The molecule has 136 valence electrons. The van der Waals surface area contributed by atoms with E-state index in [9.17, 15) is 23.1 Å². The van der Waals surface area contributed by atoms with Crippen LogP contribution in [-0.4, -0.2) is 42.9 Å². The Labute approximate surface area is 139 Å². The zero-order valence-electron chi connectivity index (χ0n) is 13.7. The van der Waals surface area contributed by atoms with Gasteiger partial charge in [-0.05, 0) is 50.4 Å². The van der Waals surface area contributed by atoms with Crippen LogP contribution in [0.2, 0.25) is 0 Å². The number of aliphatic hydroxyl groups is 1. The van der Waals surface area contributed by atoms with Crippen LogP contribution < -0.4 is 10.6 Å². The molecule has 4 unspecified atom stereocenters. The van der Waals surface area contributed by atoms with Gasteiger partial charge in [-0.2, -0.15) is 13.2 Å². The molecular weight excluding hydrogens is 321 g/mol. The van der Waals surface area contributed by atoms with Crippen LogP contribution >= 0.6 is 0 Å². The molecule has 4 nitrogen and oxygen atoms in total. The highest BCUT2D eigenvalue weighted by Gasteiger charge is 2.68. The molecule has 5 rings (SSSR count). The molecule has 1 heterocycles. The zero-order chi connectivity index (χ0) is 17.2. The predicted octanol–water partition coefficient (Wildman–Crippen LogP) is 1.83. The fourth-order valence-corrected chi connectivity index (χ4v) is 6.20. The summed E-state index contributed by atoms with van der Waals surface area (Å²) in [5.41, 5.74) is -2.50. The molecule has 0 radical (unpaired) electrons. The van der Waals surface area contributed by atoms with E-state index in [0.29, 0.717) is 32.5 Å². The maximum Gasteiger partial charge on any atom is 0.394 e. The average Bonchev–Trinajstić information content (AvgIpc) is 2.87. The van der Waals surface area contributed by atoms with Crippen LogP contribution in [0.4, 0.5) is 13.2 Å². The molecule has 3 N–H and O–H groups in total. The van der Waals surface area contributed by atoms with E-state index in [1.165, 1.54) is 0 Å². The third kappa shape index (κ3) is 2.46. The lowest BCUT2D eigenvalue weighted by Gasteiger charge is -2.61. The summed E-state index contributed by atoms with van der Waals surface area (Å²) < 4.78 is 41.2. The van der Waals surface area contributed by atoms with Crippen LogP contribution in [0.25, 0.3) is 0 Å². The summed E-state index contributed by atoms with van der Waals surface area (Å²) in [6.45, 7) is 1.47. The Bertz CT molecular complexity index is 522. The zero-order valence-corrected chi connectivity index (χ0v) is 13.7. The summed E-state index contributed by atoms with van der Waals surface area (Å²) >= 11 is 0. The Morgan fingerprint density at radius 1 is 1.17 bits per heavy atom. The Morgan fingerprint density at radius 3 is 2.38 bits per heavy atom. The number of hydrogen-bond acceptors (Lipinski definition) is 3. The van der Waals surface area contributed by atoms with Gasteiger partial charge in [-0.1, -0.05) is 0 Å². The van der Waals surface area contributed by atoms with Crippen LogP contribution in [0.5, 0.6) is 0 Å². The van der Waals surface area contributed by atoms with Crippen LogP contribution in [0, 0.1) is 28.6 Å². The summed E-state index contributed by atoms with van der Waals surface area (Å²) in [6, 6.07) is 0. The molecule has 5 aliphatic rings. The van der Waals surface area contributed by atoms with Gasteiger partial charge in [-0.25, -0.2) is 0 Å². The van der Waals surface area contributed by atoms with Crippen LogP contribution in [0.15, 0.2) is 0 Å². The molecule has 4 bridgehead atoms. The normalized spacial score (nSPS) is 47.2. The number of hydrogen-bond donors (Lipinski definition) is 3. The molecule has 4 aliphatic carbocycles. The number of alkyl halides is 3. The van der Waals surface area contributed by atoms with Crippen molar-refractivity contribution in [1.82, 2.24) is 10.6 Å². The highest BCUT2D eigenvalue weighted by atomic mass is 19.4. The first kappa shape index (κ1) is 16.6. The number of carbonyl (C=O) groups is 1. The van der Waals surface area contributed by atoms with Crippen LogP contribution in [-0.2, 0) is 4.79 Å². The highest BCUT2D eigenvalue weighted by Crippen LogP contribution is 2.69. The SMILES string of the molecule is O=C(NCC1CNCC1O)C12CC3CC(C1)CC(C(F)(F)F)(C3)C2. The third-order valence-corrected chi connectivity index (χ3v) is 6.97. The van der Waals surface area contributed by atoms with Gasteiger partial charge < -0.3 is 15.7 Å². The topological polar surface area (TPSA) is 61.4 Å². The number of amides is 1. The summed E-state index contributed by atoms with van der Waals surface area (Å²) in [7, 11) is 0. The fraction of sp³-hybridized carbons (Fsp3) is 0.941. The number of carbonyl (C=O) groups excluding carboxylic acids is 1. The minimum absolute atomic E-state index is 0.0253. The van der Waals surface area contributed by atoms with Gasteiger partial charge in [0.1, 0.15) is 0 Å². The maximum absolute atomic E-state index is 13.7. The van der Waals surface area contributed by atoms with Gasteiger partial charge in [0.25, 0.3) is 0 Å². The first-order chi connectivity index (χ1) is 11.2. The molecule has 4 saturated carbocycles. The Morgan fingerprint density at radius 2 is 1.83 bits per heavy atom. The van der Waals surface area contributed by atoms with Crippen molar-refractivity contribution in [2.75, 3.05) is 19.6 Å². The van der Waals surface area contributed by atoms with Gasteiger partial charge in [-0.15, -0.1) is 0 Å². The van der Waals surface area contributed by atoms with Gasteiger partial charge >= 0.3 is 6.18 Å². The fourth-order valence-electron chi connectivity index (χ4n) is 6.20. The number of nitrogens with one attached hydrogen (secondary N) is 2. The van der Waals surface area contributed by atoms with Crippen molar-refractivity contribution in [2.24, 2.45) is 28.6 Å². The van der Waals surface area contributed by atoms with Gasteiger partial charge in [0, 0.05) is 25.6 Å². The number of β-amino-alcohol motifs (C(OH)–C–C–N with tert-alkyl or cyclic N) is 1. The van der Waals surface area contributed by atoms with E-state index in [2.05, 4.69) is 10.6 Å². The summed E-state index contributed by atoms with van der Waals surface area (Å²) in [5.74, 6) is -0.224. The first-order valence-electron chi connectivity index (χ1n) is 8.97. The second-order valence-corrected chi connectivity index (χ2v) is 8.72. The smallest absolute Gasteiger partial charge is 0.391 e. The van der Waals surface area contributed by atoms with Crippen molar-refractivity contribution >= 4 is 5.91 Å². The molecule has 0 aromatic carbocycles. The van der Waals surface area contributed by atoms with E-state index >= 15 is 0 Å². The van der Waals surface area contributed by atoms with E-state index in [1.54, 1.807) is 0 Å². The van der Waals surface area contributed by atoms with Crippen molar-refractivity contribution in [2.45, 2.75) is 50.8 Å². The summed E-state index contributed by atoms with van der Waals surface area (Å²) in [6.07, 6.45) is -2.32. The third-order valence-electron chi connectivity index (χ3n) is 6.97. The lowest BCUT2D eigenvalue weighted by atomic mass is 9.43. The highest BCUT2D eigenvalue weighted by molar-refractivity contribution is 5.83. The largest absolute Gasteiger partial charge is 0.394 e. The average molecular weight is 346 g/mol. The molecule has 24 heavy (non-hydrogen) atoms. The Balaban J connectivity index is 1.50. The van der Waals surface area contributed by atoms with Gasteiger partial charge in [0.15, 0.2) is 0 Å². The molecular formula is C17H25F3N2O2. The minimum Gasteiger partial charge on any atom is -0.391 e. The van der Waals surface area contributed by atoms with E-state index in [1.807, 2.05) is 0 Å². The quantitative estimate of drug-likeness (QED) is 0.731. The summed E-state index contributed by atoms with van der Waals surface area (Å²) in [4.78, 5) is 12.8. The van der Waals surface area contributed by atoms with Crippen LogP contribution in [0.1, 0.15) is 38.5 Å². The standard InChI is InChI=1S/C17H25F3N2O2/c18-17(19,20)16-4-10-1-11(5-16)3-15(2-10,9-16)14(24)22-7-12-6-21-8-13(12)23/h10-13,21,23H,1-9H2,(H,22,24). The van der Waals surface area contributed by atoms with Crippen molar-refractivity contribution in [1.29, 1.82) is 0 Å². The van der Waals surface area contributed by atoms with Crippen LogP contribution in [0.3, 0.4) is 0 Å². The van der Waals surface area contributed by atoms with Crippen molar-refractivity contribution in [3.8, 4) is 0 Å². The Hall–Kier alpha value is -0.820. The molecule has 0 aromatic heterocycles.